The predicted octanol–water partition coefficient (Wildman–Crippen LogP) is 3.22. The van der Waals surface area contributed by atoms with Crippen molar-refractivity contribution in [3.05, 3.63) is 17.8 Å². The Kier molecular flexibility index (Phi) is 5.48. The van der Waals surface area contributed by atoms with Gasteiger partial charge in [0.25, 0.3) is 0 Å². The van der Waals surface area contributed by atoms with Crippen LogP contribution in [-0.2, 0) is 12.0 Å². The largest absolute Gasteiger partial charge is 0.443 e. The molecule has 2 N–H and O–H groups in total. The Labute approximate surface area is 134 Å². The van der Waals surface area contributed by atoms with Crippen molar-refractivity contribution in [2.45, 2.75) is 71.4 Å². The number of oxazole rings is 1. The first-order valence-electron chi connectivity index (χ1n) is 8.31. The van der Waals surface area contributed by atoms with Gasteiger partial charge in [-0.3, -0.25) is 4.99 Å². The summed E-state index contributed by atoms with van der Waals surface area (Å²) in [6.45, 7) is 9.25. The number of aliphatic imine (C=N–C) groups is 1. The van der Waals surface area contributed by atoms with Gasteiger partial charge in [-0.25, -0.2) is 4.98 Å². The van der Waals surface area contributed by atoms with Crippen molar-refractivity contribution < 1.29 is 4.42 Å². The van der Waals surface area contributed by atoms with Crippen LogP contribution in [0.15, 0.2) is 15.6 Å². The van der Waals surface area contributed by atoms with Crippen molar-refractivity contribution in [3.63, 3.8) is 0 Å². The molecule has 0 bridgehead atoms. The summed E-state index contributed by atoms with van der Waals surface area (Å²) in [6.07, 6.45) is 6.84. The van der Waals surface area contributed by atoms with E-state index in [1.165, 1.54) is 25.7 Å². The topological polar surface area (TPSA) is 62.5 Å². The maximum Gasteiger partial charge on any atom is 0.213 e. The molecule has 0 unspecified atom stereocenters. The summed E-state index contributed by atoms with van der Waals surface area (Å²) in [5.41, 5.74) is -0.00995. The molecule has 22 heavy (non-hydrogen) atoms. The summed E-state index contributed by atoms with van der Waals surface area (Å²) in [5, 5.41) is 6.79. The minimum Gasteiger partial charge on any atom is -0.443 e. The Morgan fingerprint density at radius 3 is 2.55 bits per heavy atom. The van der Waals surface area contributed by atoms with E-state index in [9.17, 15) is 0 Å². The van der Waals surface area contributed by atoms with Crippen LogP contribution in [0.1, 0.15) is 65.0 Å². The van der Waals surface area contributed by atoms with Crippen molar-refractivity contribution >= 4 is 5.96 Å². The first-order valence-corrected chi connectivity index (χ1v) is 8.31. The Hall–Kier alpha value is -1.52. The fourth-order valence-electron chi connectivity index (χ4n) is 2.69. The molecular weight excluding hydrogens is 276 g/mol. The lowest BCUT2D eigenvalue weighted by Crippen LogP contribution is -2.44. The van der Waals surface area contributed by atoms with Crippen LogP contribution in [0.5, 0.6) is 0 Å². The summed E-state index contributed by atoms with van der Waals surface area (Å²) in [6, 6.07) is 0.525. The molecular formula is C17H30N4O. The van der Waals surface area contributed by atoms with Gasteiger partial charge < -0.3 is 15.1 Å². The molecule has 0 saturated heterocycles. The maximum atomic E-state index is 5.79. The van der Waals surface area contributed by atoms with Crippen LogP contribution in [0.4, 0.5) is 0 Å². The fraction of sp³-hybridized carbons (Fsp3) is 0.765. The van der Waals surface area contributed by atoms with Crippen LogP contribution < -0.4 is 10.6 Å². The van der Waals surface area contributed by atoms with Crippen molar-refractivity contribution in [1.82, 2.24) is 15.6 Å². The quantitative estimate of drug-likeness (QED) is 0.665. The van der Waals surface area contributed by atoms with Crippen molar-refractivity contribution in [3.8, 4) is 0 Å². The van der Waals surface area contributed by atoms with E-state index >= 15 is 0 Å². The number of hydrogen-bond acceptors (Lipinski definition) is 3. The average molecular weight is 306 g/mol. The first-order chi connectivity index (χ1) is 10.4. The monoisotopic (exact) mass is 306 g/mol. The average Bonchev–Trinajstić information content (AvgIpc) is 2.94. The highest BCUT2D eigenvalue weighted by Gasteiger charge is 2.20. The van der Waals surface area contributed by atoms with Gasteiger partial charge in [0.05, 0.1) is 12.7 Å². The van der Waals surface area contributed by atoms with Crippen LogP contribution in [0, 0.1) is 5.92 Å². The molecule has 0 atom stereocenters. The third-order valence-corrected chi connectivity index (χ3v) is 4.28. The molecule has 0 radical (unpaired) electrons. The zero-order valence-electron chi connectivity index (χ0n) is 14.6. The normalized spacial score (nSPS) is 23.4. The Morgan fingerprint density at radius 1 is 1.32 bits per heavy atom. The summed E-state index contributed by atoms with van der Waals surface area (Å²) in [7, 11) is 1.80. The lowest BCUT2D eigenvalue weighted by Gasteiger charge is -2.28. The van der Waals surface area contributed by atoms with Gasteiger partial charge in [-0.05, 0) is 31.6 Å². The number of hydrogen-bond donors (Lipinski definition) is 2. The van der Waals surface area contributed by atoms with Crippen molar-refractivity contribution in [2.75, 3.05) is 7.05 Å². The minimum absolute atomic E-state index is 0.00995. The molecule has 0 spiro atoms. The molecule has 0 aromatic carbocycles. The number of nitrogens with one attached hydrogen (secondary N) is 2. The molecule has 0 aliphatic heterocycles. The Morgan fingerprint density at radius 2 is 2.00 bits per heavy atom. The number of nitrogens with zero attached hydrogens (tertiary/aromatic N) is 2. The van der Waals surface area contributed by atoms with E-state index in [4.69, 9.17) is 4.42 Å². The second-order valence-electron chi connectivity index (χ2n) is 7.40. The van der Waals surface area contributed by atoms with Crippen molar-refractivity contribution in [1.29, 1.82) is 0 Å². The molecule has 2 rings (SSSR count). The van der Waals surface area contributed by atoms with Gasteiger partial charge in [0.1, 0.15) is 5.76 Å². The standard InChI is InChI=1S/C17H30N4O/c1-12-6-8-13(9-7-12)21-16(18-5)20-11-15-19-10-14(22-15)17(2,3)4/h10,12-13H,6-9,11H2,1-5H3,(H2,18,20,21). The Balaban J connectivity index is 1.82. The molecule has 1 fully saturated rings. The van der Waals surface area contributed by atoms with E-state index in [1.54, 1.807) is 7.05 Å². The van der Waals surface area contributed by atoms with Gasteiger partial charge in [-0.1, -0.05) is 27.7 Å². The van der Waals surface area contributed by atoms with E-state index in [0.717, 1.165) is 17.6 Å². The van der Waals surface area contributed by atoms with E-state index in [-0.39, 0.29) is 5.41 Å². The zero-order valence-corrected chi connectivity index (χ0v) is 14.6. The third kappa shape index (κ3) is 4.75. The van der Waals surface area contributed by atoms with E-state index in [1.807, 2.05) is 6.20 Å². The number of guanidine groups is 1. The van der Waals surface area contributed by atoms with Crippen LogP contribution >= 0.6 is 0 Å². The van der Waals surface area contributed by atoms with Gasteiger partial charge in [0, 0.05) is 18.5 Å². The smallest absolute Gasteiger partial charge is 0.213 e. The summed E-state index contributed by atoms with van der Waals surface area (Å²) >= 11 is 0. The second-order valence-corrected chi connectivity index (χ2v) is 7.40. The predicted molar refractivity (Wildman–Crippen MR) is 90.0 cm³/mol. The number of rotatable bonds is 3. The summed E-state index contributed by atoms with van der Waals surface area (Å²) in [5.74, 6) is 3.30. The first kappa shape index (κ1) is 16.8. The maximum absolute atomic E-state index is 5.79. The zero-order chi connectivity index (χ0) is 16.2. The third-order valence-electron chi connectivity index (χ3n) is 4.28. The number of aromatic nitrogens is 1. The molecule has 1 aromatic heterocycles. The molecule has 5 nitrogen and oxygen atoms in total. The second kappa shape index (κ2) is 7.16. The highest BCUT2D eigenvalue weighted by Crippen LogP contribution is 2.24. The molecule has 124 valence electrons. The van der Waals surface area contributed by atoms with E-state index < -0.39 is 0 Å². The molecule has 1 saturated carbocycles. The van der Waals surface area contributed by atoms with Crippen LogP contribution in [0.2, 0.25) is 0 Å². The minimum atomic E-state index is -0.00995. The molecule has 1 heterocycles. The lowest BCUT2D eigenvalue weighted by molar-refractivity contribution is 0.328. The fourth-order valence-corrected chi connectivity index (χ4v) is 2.69. The van der Waals surface area contributed by atoms with Crippen LogP contribution in [-0.4, -0.2) is 24.0 Å². The van der Waals surface area contributed by atoms with Gasteiger partial charge >= 0.3 is 0 Å². The van der Waals surface area contributed by atoms with Gasteiger partial charge in [-0.15, -0.1) is 0 Å². The highest BCUT2D eigenvalue weighted by atomic mass is 16.4. The molecule has 1 aliphatic rings. The molecule has 1 aromatic rings. The highest BCUT2D eigenvalue weighted by molar-refractivity contribution is 5.79. The van der Waals surface area contributed by atoms with Crippen LogP contribution in [0.3, 0.4) is 0 Å². The van der Waals surface area contributed by atoms with Crippen molar-refractivity contribution in [2.24, 2.45) is 10.9 Å². The van der Waals surface area contributed by atoms with Crippen LogP contribution in [0.25, 0.3) is 0 Å². The lowest BCUT2D eigenvalue weighted by atomic mass is 9.87. The summed E-state index contributed by atoms with van der Waals surface area (Å²) < 4.78 is 5.79. The van der Waals surface area contributed by atoms with Gasteiger partial charge in [0.15, 0.2) is 5.96 Å². The SMILES string of the molecule is CN=C(NCc1ncc(C(C)(C)C)o1)NC1CCC(C)CC1. The van der Waals surface area contributed by atoms with E-state index in [0.29, 0.717) is 18.5 Å². The Bertz CT molecular complexity index is 493. The molecule has 0 amide bonds. The van der Waals surface area contributed by atoms with Gasteiger partial charge in [0.2, 0.25) is 5.89 Å². The molecule has 5 heteroatoms. The van der Waals surface area contributed by atoms with E-state index in [2.05, 4.69) is 48.3 Å². The van der Waals surface area contributed by atoms with Gasteiger partial charge in [-0.2, -0.15) is 0 Å². The molecule has 1 aliphatic carbocycles. The summed E-state index contributed by atoms with van der Waals surface area (Å²) in [4.78, 5) is 8.63.